The molecule has 1 fully saturated rings. The molecule has 1 rings (SSSR count). The molecule has 1 heterocycles. The van der Waals surface area contributed by atoms with E-state index < -0.39 is 0 Å². The standard InChI is InChI=1S/C12H21N3O/c1-3-6-14-11(16)9-15-7-4-12(2,10-13)5-8-15/h3-9H2,1-2H3,(H,14,16). The number of nitrogens with one attached hydrogen (secondary N) is 1. The van der Waals surface area contributed by atoms with Gasteiger partial charge >= 0.3 is 0 Å². The summed E-state index contributed by atoms with van der Waals surface area (Å²) in [4.78, 5) is 13.6. The molecule has 0 bridgehead atoms. The molecule has 0 aliphatic carbocycles. The fraction of sp³-hybridized carbons (Fsp3) is 0.833. The van der Waals surface area contributed by atoms with Crippen LogP contribution in [-0.4, -0.2) is 37.0 Å². The lowest BCUT2D eigenvalue weighted by atomic mass is 9.82. The monoisotopic (exact) mass is 223 g/mol. The number of nitriles is 1. The second kappa shape index (κ2) is 5.86. The highest BCUT2D eigenvalue weighted by atomic mass is 16.2. The molecule has 0 unspecified atom stereocenters. The molecule has 1 amide bonds. The van der Waals surface area contributed by atoms with Crippen molar-refractivity contribution in [2.24, 2.45) is 5.41 Å². The quantitative estimate of drug-likeness (QED) is 0.777. The van der Waals surface area contributed by atoms with E-state index >= 15 is 0 Å². The van der Waals surface area contributed by atoms with Crippen LogP contribution in [0.2, 0.25) is 0 Å². The van der Waals surface area contributed by atoms with Gasteiger partial charge in [-0.2, -0.15) is 5.26 Å². The van der Waals surface area contributed by atoms with Crippen LogP contribution in [0.1, 0.15) is 33.1 Å². The van der Waals surface area contributed by atoms with Crippen molar-refractivity contribution < 1.29 is 4.79 Å². The average Bonchev–Trinajstić information content (AvgIpc) is 2.30. The van der Waals surface area contributed by atoms with E-state index in [0.717, 1.165) is 38.9 Å². The van der Waals surface area contributed by atoms with Gasteiger partial charge in [0.25, 0.3) is 0 Å². The van der Waals surface area contributed by atoms with E-state index in [1.54, 1.807) is 0 Å². The van der Waals surface area contributed by atoms with E-state index in [-0.39, 0.29) is 11.3 Å². The largest absolute Gasteiger partial charge is 0.355 e. The van der Waals surface area contributed by atoms with Gasteiger partial charge in [0.15, 0.2) is 0 Å². The first-order chi connectivity index (χ1) is 7.59. The van der Waals surface area contributed by atoms with Crippen LogP contribution in [0.3, 0.4) is 0 Å². The molecular weight excluding hydrogens is 202 g/mol. The van der Waals surface area contributed by atoms with Gasteiger partial charge in [-0.25, -0.2) is 0 Å². The molecule has 0 aromatic heterocycles. The van der Waals surface area contributed by atoms with Gasteiger partial charge in [0.2, 0.25) is 5.91 Å². The molecule has 0 saturated carbocycles. The maximum Gasteiger partial charge on any atom is 0.234 e. The second-order valence-corrected chi connectivity index (χ2v) is 4.80. The third kappa shape index (κ3) is 3.82. The summed E-state index contributed by atoms with van der Waals surface area (Å²) in [6.07, 6.45) is 2.70. The fourth-order valence-corrected chi connectivity index (χ4v) is 1.84. The Morgan fingerprint density at radius 2 is 2.12 bits per heavy atom. The predicted molar refractivity (Wildman–Crippen MR) is 62.7 cm³/mol. The van der Waals surface area contributed by atoms with Crippen molar-refractivity contribution in [3.05, 3.63) is 0 Å². The van der Waals surface area contributed by atoms with Gasteiger partial charge in [0.05, 0.1) is 18.0 Å². The molecular formula is C12H21N3O. The van der Waals surface area contributed by atoms with Gasteiger partial charge in [-0.05, 0) is 26.2 Å². The first-order valence-corrected chi connectivity index (χ1v) is 6.00. The Balaban J connectivity index is 2.27. The number of rotatable bonds is 4. The van der Waals surface area contributed by atoms with E-state index in [9.17, 15) is 4.79 Å². The highest BCUT2D eigenvalue weighted by molar-refractivity contribution is 5.77. The molecule has 0 spiro atoms. The molecule has 0 aromatic rings. The summed E-state index contributed by atoms with van der Waals surface area (Å²) >= 11 is 0. The number of carbonyl (C=O) groups excluding carboxylic acids is 1. The van der Waals surface area contributed by atoms with Crippen molar-refractivity contribution >= 4 is 5.91 Å². The van der Waals surface area contributed by atoms with Gasteiger partial charge < -0.3 is 5.32 Å². The summed E-state index contributed by atoms with van der Waals surface area (Å²) in [7, 11) is 0. The van der Waals surface area contributed by atoms with Crippen LogP contribution < -0.4 is 5.32 Å². The van der Waals surface area contributed by atoms with E-state index in [1.807, 2.05) is 13.8 Å². The lowest BCUT2D eigenvalue weighted by molar-refractivity contribution is -0.122. The Morgan fingerprint density at radius 3 is 2.62 bits per heavy atom. The molecule has 0 atom stereocenters. The molecule has 4 nitrogen and oxygen atoms in total. The van der Waals surface area contributed by atoms with E-state index in [4.69, 9.17) is 5.26 Å². The smallest absolute Gasteiger partial charge is 0.234 e. The maximum absolute atomic E-state index is 11.5. The van der Waals surface area contributed by atoms with Gasteiger partial charge in [-0.15, -0.1) is 0 Å². The number of amides is 1. The molecule has 1 aliphatic heterocycles. The highest BCUT2D eigenvalue weighted by Gasteiger charge is 2.30. The minimum Gasteiger partial charge on any atom is -0.355 e. The summed E-state index contributed by atoms with van der Waals surface area (Å²) in [5.74, 6) is 0.0995. The predicted octanol–water partition coefficient (Wildman–Crippen LogP) is 1.14. The van der Waals surface area contributed by atoms with E-state index in [2.05, 4.69) is 16.3 Å². The van der Waals surface area contributed by atoms with Crippen LogP contribution in [0.4, 0.5) is 0 Å². The molecule has 0 radical (unpaired) electrons. The van der Waals surface area contributed by atoms with Crippen molar-refractivity contribution in [3.8, 4) is 6.07 Å². The number of hydrogen-bond acceptors (Lipinski definition) is 3. The molecule has 90 valence electrons. The van der Waals surface area contributed by atoms with Crippen LogP contribution in [0, 0.1) is 16.7 Å². The normalized spacial score (nSPS) is 20.1. The Kier molecular flexibility index (Phi) is 4.75. The number of nitrogens with zero attached hydrogens (tertiary/aromatic N) is 2. The Morgan fingerprint density at radius 1 is 1.50 bits per heavy atom. The number of hydrogen-bond donors (Lipinski definition) is 1. The zero-order valence-corrected chi connectivity index (χ0v) is 10.3. The maximum atomic E-state index is 11.5. The lowest BCUT2D eigenvalue weighted by Gasteiger charge is -2.34. The fourth-order valence-electron chi connectivity index (χ4n) is 1.84. The summed E-state index contributed by atoms with van der Waals surface area (Å²) in [5, 5.41) is 11.9. The number of likely N-dealkylation sites (tertiary alicyclic amines) is 1. The van der Waals surface area contributed by atoms with E-state index in [1.165, 1.54) is 0 Å². The van der Waals surface area contributed by atoms with Gasteiger partial charge in [0, 0.05) is 19.6 Å². The van der Waals surface area contributed by atoms with E-state index in [0.29, 0.717) is 6.54 Å². The van der Waals surface area contributed by atoms with Gasteiger partial charge in [-0.3, -0.25) is 9.69 Å². The van der Waals surface area contributed by atoms with Gasteiger partial charge in [0.1, 0.15) is 0 Å². The van der Waals surface area contributed by atoms with Crippen LogP contribution in [0.25, 0.3) is 0 Å². The minimum absolute atomic E-state index is 0.0995. The summed E-state index contributed by atoms with van der Waals surface area (Å²) in [6.45, 7) is 6.97. The average molecular weight is 223 g/mol. The molecule has 0 aromatic carbocycles. The Labute approximate surface area is 97.6 Å². The zero-order valence-electron chi connectivity index (χ0n) is 10.3. The Bertz CT molecular complexity index is 274. The third-order valence-corrected chi connectivity index (χ3v) is 3.17. The van der Waals surface area contributed by atoms with Crippen LogP contribution in [-0.2, 0) is 4.79 Å². The minimum atomic E-state index is -0.184. The number of carbonyl (C=O) groups is 1. The van der Waals surface area contributed by atoms with Crippen LogP contribution in [0.5, 0.6) is 0 Å². The van der Waals surface area contributed by atoms with Crippen molar-refractivity contribution in [1.82, 2.24) is 10.2 Å². The van der Waals surface area contributed by atoms with Crippen LogP contribution in [0.15, 0.2) is 0 Å². The third-order valence-electron chi connectivity index (χ3n) is 3.17. The van der Waals surface area contributed by atoms with Crippen LogP contribution >= 0.6 is 0 Å². The summed E-state index contributed by atoms with van der Waals surface area (Å²) < 4.78 is 0. The SMILES string of the molecule is CCCNC(=O)CN1CCC(C)(C#N)CC1. The summed E-state index contributed by atoms with van der Waals surface area (Å²) in [6, 6.07) is 2.36. The topological polar surface area (TPSA) is 56.1 Å². The van der Waals surface area contributed by atoms with Crippen molar-refractivity contribution in [1.29, 1.82) is 5.26 Å². The van der Waals surface area contributed by atoms with Gasteiger partial charge in [-0.1, -0.05) is 6.92 Å². The summed E-state index contributed by atoms with van der Waals surface area (Å²) in [5.41, 5.74) is -0.184. The van der Waals surface area contributed by atoms with Crippen molar-refractivity contribution in [2.45, 2.75) is 33.1 Å². The molecule has 1 saturated heterocycles. The molecule has 4 heteroatoms. The van der Waals surface area contributed by atoms with Crippen molar-refractivity contribution in [3.63, 3.8) is 0 Å². The molecule has 1 N–H and O–H groups in total. The number of piperidine rings is 1. The second-order valence-electron chi connectivity index (χ2n) is 4.80. The molecule has 1 aliphatic rings. The van der Waals surface area contributed by atoms with Crippen molar-refractivity contribution in [2.75, 3.05) is 26.2 Å². The molecule has 16 heavy (non-hydrogen) atoms. The first kappa shape index (κ1) is 13.0. The highest BCUT2D eigenvalue weighted by Crippen LogP contribution is 2.29. The first-order valence-electron chi connectivity index (χ1n) is 6.00. The Hall–Kier alpha value is -1.08. The zero-order chi connectivity index (χ0) is 12.0. The lowest BCUT2D eigenvalue weighted by Crippen LogP contribution is -2.43.